The SMILES string of the molecule is CCc1cccc(C)c1NC(=O)CNc1ccc(C(F)(F)F)cc1. The van der Waals surface area contributed by atoms with Crippen molar-refractivity contribution in [1.29, 1.82) is 0 Å². The minimum absolute atomic E-state index is 0.0249. The van der Waals surface area contributed by atoms with Crippen LogP contribution in [-0.4, -0.2) is 12.5 Å². The summed E-state index contributed by atoms with van der Waals surface area (Å²) in [5.74, 6) is -0.251. The van der Waals surface area contributed by atoms with E-state index in [2.05, 4.69) is 10.6 Å². The van der Waals surface area contributed by atoms with Crippen molar-refractivity contribution in [2.24, 2.45) is 0 Å². The van der Waals surface area contributed by atoms with Gasteiger partial charge in [-0.1, -0.05) is 25.1 Å². The number of amides is 1. The quantitative estimate of drug-likeness (QED) is 0.836. The Bertz CT molecular complexity index is 709. The van der Waals surface area contributed by atoms with Crippen LogP contribution >= 0.6 is 0 Å². The molecule has 2 rings (SSSR count). The summed E-state index contributed by atoms with van der Waals surface area (Å²) in [4.78, 5) is 12.1. The summed E-state index contributed by atoms with van der Waals surface area (Å²) in [6, 6.07) is 10.4. The molecule has 0 aliphatic rings. The van der Waals surface area contributed by atoms with E-state index in [1.165, 1.54) is 12.1 Å². The fraction of sp³-hybridized carbons (Fsp3) is 0.278. The molecule has 1 amide bonds. The predicted octanol–water partition coefficient (Wildman–Crippen LogP) is 4.63. The van der Waals surface area contributed by atoms with Gasteiger partial charge in [-0.15, -0.1) is 0 Å². The molecule has 3 nitrogen and oxygen atoms in total. The van der Waals surface area contributed by atoms with Crippen molar-refractivity contribution in [2.45, 2.75) is 26.4 Å². The van der Waals surface area contributed by atoms with E-state index in [0.717, 1.165) is 35.4 Å². The first kappa shape index (κ1) is 17.8. The Labute approximate surface area is 138 Å². The summed E-state index contributed by atoms with van der Waals surface area (Å²) in [6.07, 6.45) is -3.57. The number of halogens is 3. The first-order valence-electron chi connectivity index (χ1n) is 7.60. The molecule has 0 aliphatic heterocycles. The number of aryl methyl sites for hydroxylation is 2. The van der Waals surface area contributed by atoms with Gasteiger partial charge in [0.25, 0.3) is 0 Å². The van der Waals surface area contributed by atoms with Gasteiger partial charge in [0.05, 0.1) is 12.1 Å². The second-order valence-corrected chi connectivity index (χ2v) is 5.44. The highest BCUT2D eigenvalue weighted by molar-refractivity contribution is 5.95. The maximum Gasteiger partial charge on any atom is 0.416 e. The zero-order chi connectivity index (χ0) is 17.7. The van der Waals surface area contributed by atoms with E-state index >= 15 is 0 Å². The molecule has 0 spiro atoms. The lowest BCUT2D eigenvalue weighted by molar-refractivity contribution is -0.137. The van der Waals surface area contributed by atoms with Crippen LogP contribution < -0.4 is 10.6 Å². The number of para-hydroxylation sites is 1. The third-order valence-corrected chi connectivity index (χ3v) is 3.67. The van der Waals surface area contributed by atoms with E-state index in [4.69, 9.17) is 0 Å². The van der Waals surface area contributed by atoms with E-state index < -0.39 is 11.7 Å². The lowest BCUT2D eigenvalue weighted by Crippen LogP contribution is -2.23. The van der Waals surface area contributed by atoms with Crippen LogP contribution in [0.25, 0.3) is 0 Å². The third-order valence-electron chi connectivity index (χ3n) is 3.67. The van der Waals surface area contributed by atoms with Gasteiger partial charge in [-0.05, 0) is 48.7 Å². The van der Waals surface area contributed by atoms with Gasteiger partial charge in [0, 0.05) is 11.4 Å². The number of benzene rings is 2. The summed E-state index contributed by atoms with van der Waals surface area (Å²) >= 11 is 0. The average molecular weight is 336 g/mol. The molecule has 0 aliphatic carbocycles. The van der Waals surface area contributed by atoms with E-state index in [0.29, 0.717) is 5.69 Å². The van der Waals surface area contributed by atoms with Crippen molar-refractivity contribution < 1.29 is 18.0 Å². The summed E-state index contributed by atoms with van der Waals surface area (Å²) in [6.45, 7) is 3.89. The van der Waals surface area contributed by atoms with Crippen LogP contribution in [0.4, 0.5) is 24.5 Å². The molecule has 0 bridgehead atoms. The van der Waals surface area contributed by atoms with Crippen LogP contribution in [0.2, 0.25) is 0 Å². The van der Waals surface area contributed by atoms with E-state index in [-0.39, 0.29) is 12.5 Å². The number of carbonyl (C=O) groups is 1. The molecular formula is C18H19F3N2O. The van der Waals surface area contributed by atoms with Crippen LogP contribution in [-0.2, 0) is 17.4 Å². The highest BCUT2D eigenvalue weighted by Gasteiger charge is 2.29. The number of anilines is 2. The Morgan fingerprint density at radius 1 is 1.08 bits per heavy atom. The van der Waals surface area contributed by atoms with Gasteiger partial charge in [0.15, 0.2) is 0 Å². The second kappa shape index (κ2) is 7.38. The number of hydrogen-bond donors (Lipinski definition) is 2. The van der Waals surface area contributed by atoms with Gasteiger partial charge in [-0.25, -0.2) is 0 Å². The largest absolute Gasteiger partial charge is 0.416 e. The molecular weight excluding hydrogens is 317 g/mol. The topological polar surface area (TPSA) is 41.1 Å². The standard InChI is InChI=1S/C18H19F3N2O/c1-3-13-6-4-5-12(2)17(13)23-16(24)11-22-15-9-7-14(8-10-15)18(19,20)21/h4-10,22H,3,11H2,1-2H3,(H,23,24). The molecule has 0 atom stereocenters. The third kappa shape index (κ3) is 4.50. The molecule has 0 heterocycles. The van der Waals surface area contributed by atoms with Gasteiger partial charge in [-0.3, -0.25) is 4.79 Å². The lowest BCUT2D eigenvalue weighted by atomic mass is 10.1. The van der Waals surface area contributed by atoms with Crippen molar-refractivity contribution in [3.05, 3.63) is 59.2 Å². The van der Waals surface area contributed by atoms with Crippen molar-refractivity contribution in [3.8, 4) is 0 Å². The molecule has 0 unspecified atom stereocenters. The fourth-order valence-electron chi connectivity index (χ4n) is 2.35. The minimum Gasteiger partial charge on any atom is -0.376 e. The molecule has 2 N–H and O–H groups in total. The summed E-state index contributed by atoms with van der Waals surface area (Å²) in [5, 5.41) is 5.68. The molecule has 0 fully saturated rings. The maximum atomic E-state index is 12.5. The molecule has 24 heavy (non-hydrogen) atoms. The van der Waals surface area contributed by atoms with E-state index in [1.807, 2.05) is 32.0 Å². The van der Waals surface area contributed by atoms with Crippen molar-refractivity contribution in [2.75, 3.05) is 17.2 Å². The molecule has 0 radical (unpaired) electrons. The molecule has 0 saturated carbocycles. The van der Waals surface area contributed by atoms with Gasteiger partial charge in [0.1, 0.15) is 0 Å². The summed E-state index contributed by atoms with van der Waals surface area (Å²) in [7, 11) is 0. The second-order valence-electron chi connectivity index (χ2n) is 5.44. The molecule has 2 aromatic carbocycles. The normalized spacial score (nSPS) is 11.2. The average Bonchev–Trinajstić information content (AvgIpc) is 2.54. The molecule has 6 heteroatoms. The zero-order valence-corrected chi connectivity index (χ0v) is 13.5. The van der Waals surface area contributed by atoms with Crippen molar-refractivity contribution in [1.82, 2.24) is 0 Å². The smallest absolute Gasteiger partial charge is 0.376 e. The van der Waals surface area contributed by atoms with Crippen molar-refractivity contribution >= 4 is 17.3 Å². The first-order chi connectivity index (χ1) is 11.3. The highest BCUT2D eigenvalue weighted by Crippen LogP contribution is 2.29. The summed E-state index contributed by atoms with van der Waals surface area (Å²) in [5.41, 5.74) is 2.54. The Morgan fingerprint density at radius 3 is 2.33 bits per heavy atom. The summed E-state index contributed by atoms with van der Waals surface area (Å²) < 4.78 is 37.5. The van der Waals surface area contributed by atoms with Crippen LogP contribution in [0.1, 0.15) is 23.6 Å². The number of hydrogen-bond acceptors (Lipinski definition) is 2. The minimum atomic E-state index is -4.36. The predicted molar refractivity (Wildman–Crippen MR) is 89.1 cm³/mol. The van der Waals surface area contributed by atoms with Gasteiger partial charge >= 0.3 is 6.18 Å². The zero-order valence-electron chi connectivity index (χ0n) is 13.5. The molecule has 0 aromatic heterocycles. The Balaban J connectivity index is 1.97. The Kier molecular flexibility index (Phi) is 5.49. The Hall–Kier alpha value is -2.50. The Morgan fingerprint density at radius 2 is 1.75 bits per heavy atom. The van der Waals surface area contributed by atoms with Gasteiger partial charge < -0.3 is 10.6 Å². The number of carbonyl (C=O) groups excluding carboxylic acids is 1. The van der Waals surface area contributed by atoms with Gasteiger partial charge in [-0.2, -0.15) is 13.2 Å². The highest BCUT2D eigenvalue weighted by atomic mass is 19.4. The van der Waals surface area contributed by atoms with Crippen LogP contribution in [0, 0.1) is 6.92 Å². The van der Waals surface area contributed by atoms with Crippen LogP contribution in [0.5, 0.6) is 0 Å². The molecule has 0 saturated heterocycles. The van der Waals surface area contributed by atoms with Crippen LogP contribution in [0.15, 0.2) is 42.5 Å². The monoisotopic (exact) mass is 336 g/mol. The van der Waals surface area contributed by atoms with Crippen LogP contribution in [0.3, 0.4) is 0 Å². The van der Waals surface area contributed by atoms with E-state index in [1.54, 1.807) is 0 Å². The van der Waals surface area contributed by atoms with Crippen molar-refractivity contribution in [3.63, 3.8) is 0 Å². The number of alkyl halides is 3. The van der Waals surface area contributed by atoms with Gasteiger partial charge in [0.2, 0.25) is 5.91 Å². The fourth-order valence-corrected chi connectivity index (χ4v) is 2.35. The lowest BCUT2D eigenvalue weighted by Gasteiger charge is -2.14. The first-order valence-corrected chi connectivity index (χ1v) is 7.60. The van der Waals surface area contributed by atoms with E-state index in [9.17, 15) is 18.0 Å². The number of nitrogens with one attached hydrogen (secondary N) is 2. The molecule has 128 valence electrons. The molecule has 2 aromatic rings. The maximum absolute atomic E-state index is 12.5. The number of rotatable bonds is 5.